The molecule has 1 unspecified atom stereocenters. The summed E-state index contributed by atoms with van der Waals surface area (Å²) in [5.74, 6) is 0.461. The molecule has 2 heteroatoms. The summed E-state index contributed by atoms with van der Waals surface area (Å²) in [4.78, 5) is 0. The summed E-state index contributed by atoms with van der Waals surface area (Å²) in [5, 5.41) is 5.03. The predicted octanol–water partition coefficient (Wildman–Crippen LogP) is 15.2. The van der Waals surface area contributed by atoms with Crippen LogP contribution in [0.4, 0.5) is 0 Å². The van der Waals surface area contributed by atoms with Gasteiger partial charge in [-0.15, -0.1) is 0 Å². The fraction of sp³-hybridized carbons (Fsp3) is 0.0690. The van der Waals surface area contributed by atoms with Crippen molar-refractivity contribution >= 4 is 43.6 Å². The van der Waals surface area contributed by atoms with Gasteiger partial charge in [0.25, 0.3) is 0 Å². The van der Waals surface area contributed by atoms with Gasteiger partial charge >= 0.3 is 0 Å². The SMILES string of the molecule is c1ccc(CC2CCc3ccccc3-c3cc(-c4ccc5c(c4)c4cc(-c6ccc7c(c6)c6ccccc6n7-c6ccccc6)ccc4n5-c4ccccc4)ccc32)cc1. The average molecular weight is 767 g/mol. The minimum Gasteiger partial charge on any atom is -0.309 e. The third kappa shape index (κ3) is 5.71. The molecule has 0 aliphatic heterocycles. The first-order valence-electron chi connectivity index (χ1n) is 21.2. The van der Waals surface area contributed by atoms with Crippen LogP contribution < -0.4 is 0 Å². The van der Waals surface area contributed by atoms with Crippen LogP contribution in [0, 0.1) is 0 Å². The summed E-state index contributed by atoms with van der Waals surface area (Å²) in [7, 11) is 0. The molecule has 2 aromatic heterocycles. The first kappa shape index (κ1) is 34.6. The zero-order chi connectivity index (χ0) is 39.6. The molecule has 284 valence electrons. The van der Waals surface area contributed by atoms with Crippen molar-refractivity contribution in [2.45, 2.75) is 25.2 Å². The van der Waals surface area contributed by atoms with E-state index in [1.54, 1.807) is 0 Å². The standard InChI is InChI=1S/C58H42N2/c1-4-14-39(15-5-1)34-45-25-24-40-16-10-11-21-48(40)51-35-41(26-30-49(45)51)43-28-32-57-53(37-43)54-38-44(29-33-58(54)60(57)47-19-8-3-9-20-47)42-27-31-56-52(36-42)50-22-12-13-23-55(50)59(56)46-17-6-2-7-18-46/h1-23,26-33,35-38,45H,24-25,34H2. The van der Waals surface area contributed by atoms with E-state index in [2.05, 4.69) is 221 Å². The second kappa shape index (κ2) is 14.1. The van der Waals surface area contributed by atoms with Gasteiger partial charge in [0.05, 0.1) is 22.1 Å². The molecule has 0 radical (unpaired) electrons. The molecule has 1 aliphatic rings. The maximum Gasteiger partial charge on any atom is 0.0541 e. The smallest absolute Gasteiger partial charge is 0.0541 e. The van der Waals surface area contributed by atoms with Gasteiger partial charge in [-0.05, 0) is 148 Å². The molecule has 9 aromatic carbocycles. The Hall–Kier alpha value is -7.42. The predicted molar refractivity (Wildman–Crippen MR) is 253 cm³/mol. The fourth-order valence-corrected chi connectivity index (χ4v) is 10.2. The first-order chi connectivity index (χ1) is 29.7. The molecule has 60 heavy (non-hydrogen) atoms. The number of aromatic nitrogens is 2. The molecular formula is C58H42N2. The summed E-state index contributed by atoms with van der Waals surface area (Å²) in [6.45, 7) is 0. The minimum atomic E-state index is 0.461. The molecule has 1 aliphatic carbocycles. The summed E-state index contributed by atoms with van der Waals surface area (Å²) in [6, 6.07) is 78.7. The van der Waals surface area contributed by atoms with Gasteiger partial charge in [-0.3, -0.25) is 0 Å². The molecule has 0 N–H and O–H groups in total. The van der Waals surface area contributed by atoms with E-state index in [1.165, 1.54) is 105 Å². The van der Waals surface area contributed by atoms with Crippen molar-refractivity contribution in [3.63, 3.8) is 0 Å². The maximum absolute atomic E-state index is 2.47. The number of fused-ring (bicyclic) bond motifs is 9. The van der Waals surface area contributed by atoms with Gasteiger partial charge in [0.1, 0.15) is 0 Å². The second-order valence-corrected chi connectivity index (χ2v) is 16.4. The molecule has 0 fully saturated rings. The van der Waals surface area contributed by atoms with Crippen molar-refractivity contribution in [3.8, 4) is 44.8 Å². The zero-order valence-corrected chi connectivity index (χ0v) is 33.3. The van der Waals surface area contributed by atoms with E-state index < -0.39 is 0 Å². The van der Waals surface area contributed by atoms with E-state index in [0.717, 1.165) is 19.3 Å². The van der Waals surface area contributed by atoms with Crippen LogP contribution in [0.3, 0.4) is 0 Å². The van der Waals surface area contributed by atoms with E-state index in [-0.39, 0.29) is 0 Å². The lowest BCUT2D eigenvalue weighted by Crippen LogP contribution is -2.04. The number of rotatable bonds is 6. The Morgan fingerprint density at radius 2 is 0.833 bits per heavy atom. The quantitative estimate of drug-likeness (QED) is 0.160. The molecule has 11 aromatic rings. The van der Waals surface area contributed by atoms with Crippen molar-refractivity contribution < 1.29 is 0 Å². The van der Waals surface area contributed by atoms with Gasteiger partial charge < -0.3 is 9.13 Å². The Bertz CT molecular complexity index is 3390. The molecule has 1 atom stereocenters. The number of benzene rings is 9. The number of para-hydroxylation sites is 3. The molecule has 2 nitrogen and oxygen atoms in total. The highest BCUT2D eigenvalue weighted by Crippen LogP contribution is 2.43. The molecular weight excluding hydrogens is 725 g/mol. The molecule has 0 amide bonds. The van der Waals surface area contributed by atoms with E-state index in [9.17, 15) is 0 Å². The lowest BCUT2D eigenvalue weighted by molar-refractivity contribution is 0.629. The maximum atomic E-state index is 2.47. The molecule has 0 bridgehead atoms. The van der Waals surface area contributed by atoms with Crippen molar-refractivity contribution in [2.24, 2.45) is 0 Å². The van der Waals surface area contributed by atoms with Gasteiger partial charge in [-0.25, -0.2) is 0 Å². The van der Waals surface area contributed by atoms with Crippen molar-refractivity contribution in [1.29, 1.82) is 0 Å². The summed E-state index contributed by atoms with van der Waals surface area (Å²) < 4.78 is 4.81. The Morgan fingerprint density at radius 1 is 0.367 bits per heavy atom. The lowest BCUT2D eigenvalue weighted by Gasteiger charge is -2.19. The third-order valence-electron chi connectivity index (χ3n) is 13.0. The third-order valence-corrected chi connectivity index (χ3v) is 13.0. The van der Waals surface area contributed by atoms with Gasteiger partial charge in [0, 0.05) is 32.9 Å². The van der Waals surface area contributed by atoms with E-state index in [1.807, 2.05) is 0 Å². The van der Waals surface area contributed by atoms with Crippen LogP contribution in [0.1, 0.15) is 29.0 Å². The lowest BCUT2D eigenvalue weighted by atomic mass is 9.85. The normalized spacial score (nSPS) is 13.8. The van der Waals surface area contributed by atoms with Crippen LogP contribution in [0.2, 0.25) is 0 Å². The van der Waals surface area contributed by atoms with Crippen LogP contribution in [0.5, 0.6) is 0 Å². The van der Waals surface area contributed by atoms with Gasteiger partial charge in [0.2, 0.25) is 0 Å². The highest BCUT2D eigenvalue weighted by molar-refractivity contribution is 6.13. The van der Waals surface area contributed by atoms with Gasteiger partial charge in [0.15, 0.2) is 0 Å². The molecule has 0 saturated carbocycles. The zero-order valence-electron chi connectivity index (χ0n) is 33.3. The summed E-state index contributed by atoms with van der Waals surface area (Å²) >= 11 is 0. The minimum absolute atomic E-state index is 0.461. The summed E-state index contributed by atoms with van der Waals surface area (Å²) in [5.41, 5.74) is 19.2. The van der Waals surface area contributed by atoms with Gasteiger partial charge in [-0.2, -0.15) is 0 Å². The summed E-state index contributed by atoms with van der Waals surface area (Å²) in [6.07, 6.45) is 3.29. The topological polar surface area (TPSA) is 9.86 Å². The number of aryl methyl sites for hydroxylation is 1. The van der Waals surface area contributed by atoms with Gasteiger partial charge in [-0.1, -0.05) is 140 Å². The van der Waals surface area contributed by atoms with Crippen molar-refractivity contribution in [3.05, 3.63) is 229 Å². The largest absolute Gasteiger partial charge is 0.309 e. The second-order valence-electron chi connectivity index (χ2n) is 16.4. The number of hydrogen-bond acceptors (Lipinski definition) is 0. The molecule has 12 rings (SSSR count). The molecule has 0 saturated heterocycles. The average Bonchev–Trinajstić information content (AvgIpc) is 3.77. The first-order valence-corrected chi connectivity index (χ1v) is 21.2. The highest BCUT2D eigenvalue weighted by atomic mass is 15.0. The number of hydrogen-bond donors (Lipinski definition) is 0. The van der Waals surface area contributed by atoms with E-state index in [0.29, 0.717) is 5.92 Å². The van der Waals surface area contributed by atoms with Crippen molar-refractivity contribution in [2.75, 3.05) is 0 Å². The van der Waals surface area contributed by atoms with Crippen LogP contribution in [0.25, 0.3) is 88.4 Å². The van der Waals surface area contributed by atoms with Crippen LogP contribution >= 0.6 is 0 Å². The Kier molecular flexibility index (Phi) is 8.16. The molecule has 0 spiro atoms. The van der Waals surface area contributed by atoms with Crippen LogP contribution in [-0.2, 0) is 12.8 Å². The Labute approximate surface area is 350 Å². The number of nitrogens with zero attached hydrogens (tertiary/aromatic N) is 2. The van der Waals surface area contributed by atoms with Crippen LogP contribution in [-0.4, -0.2) is 9.13 Å². The highest BCUT2D eigenvalue weighted by Gasteiger charge is 2.24. The van der Waals surface area contributed by atoms with Crippen LogP contribution in [0.15, 0.2) is 212 Å². The van der Waals surface area contributed by atoms with E-state index in [4.69, 9.17) is 0 Å². The monoisotopic (exact) mass is 766 g/mol. The fourth-order valence-electron chi connectivity index (χ4n) is 10.2. The molecule has 2 heterocycles. The Morgan fingerprint density at radius 3 is 1.45 bits per heavy atom. The van der Waals surface area contributed by atoms with E-state index >= 15 is 0 Å². The van der Waals surface area contributed by atoms with Crippen molar-refractivity contribution in [1.82, 2.24) is 9.13 Å². The Balaban J connectivity index is 1.02.